The number of carbonyl (C=O) groups excluding carboxylic acids is 2. The van der Waals surface area contributed by atoms with E-state index in [1.165, 1.54) is 19.3 Å². The SMILES string of the molecule is CC(C)N1CCN(C(=O)CNC(=O)NC2CCCCC2)CC1. The van der Waals surface area contributed by atoms with Gasteiger partial charge in [0.2, 0.25) is 5.91 Å². The van der Waals surface area contributed by atoms with Gasteiger partial charge in [-0.2, -0.15) is 0 Å². The molecule has 1 aliphatic carbocycles. The van der Waals surface area contributed by atoms with Crippen molar-refractivity contribution in [3.8, 4) is 0 Å². The van der Waals surface area contributed by atoms with E-state index in [0.29, 0.717) is 6.04 Å². The van der Waals surface area contributed by atoms with Gasteiger partial charge in [-0.1, -0.05) is 19.3 Å². The van der Waals surface area contributed by atoms with Gasteiger partial charge in [-0.25, -0.2) is 4.79 Å². The minimum absolute atomic E-state index is 0.0159. The average Bonchev–Trinajstić information content (AvgIpc) is 2.53. The topological polar surface area (TPSA) is 64.7 Å². The molecule has 2 aliphatic rings. The van der Waals surface area contributed by atoms with Crippen LogP contribution in [0.25, 0.3) is 0 Å². The maximum Gasteiger partial charge on any atom is 0.315 e. The Morgan fingerprint density at radius 2 is 1.68 bits per heavy atom. The number of amides is 3. The molecule has 1 aliphatic heterocycles. The first kappa shape index (κ1) is 17.1. The normalized spacial score (nSPS) is 21.0. The fourth-order valence-electron chi connectivity index (χ4n) is 3.24. The lowest BCUT2D eigenvalue weighted by atomic mass is 9.96. The van der Waals surface area contributed by atoms with Crippen molar-refractivity contribution < 1.29 is 9.59 Å². The van der Waals surface area contributed by atoms with Crippen LogP contribution in [0.4, 0.5) is 4.79 Å². The van der Waals surface area contributed by atoms with Crippen LogP contribution < -0.4 is 10.6 Å². The van der Waals surface area contributed by atoms with Gasteiger partial charge in [0.1, 0.15) is 0 Å². The van der Waals surface area contributed by atoms with Crippen LogP contribution in [0.2, 0.25) is 0 Å². The van der Waals surface area contributed by atoms with Crippen LogP contribution in [-0.4, -0.2) is 66.5 Å². The molecule has 0 bridgehead atoms. The predicted octanol–water partition coefficient (Wildman–Crippen LogP) is 1.17. The van der Waals surface area contributed by atoms with Crippen molar-refractivity contribution in [1.29, 1.82) is 0 Å². The lowest BCUT2D eigenvalue weighted by Crippen LogP contribution is -2.53. The van der Waals surface area contributed by atoms with Crippen molar-refractivity contribution in [3.05, 3.63) is 0 Å². The molecule has 0 aromatic heterocycles. The number of rotatable bonds is 4. The molecule has 2 fully saturated rings. The highest BCUT2D eigenvalue weighted by atomic mass is 16.2. The van der Waals surface area contributed by atoms with Gasteiger partial charge < -0.3 is 15.5 Å². The first-order valence-electron chi connectivity index (χ1n) is 8.62. The monoisotopic (exact) mass is 310 g/mol. The Morgan fingerprint density at radius 3 is 2.27 bits per heavy atom. The van der Waals surface area contributed by atoms with Crippen molar-refractivity contribution in [1.82, 2.24) is 20.4 Å². The molecule has 2 rings (SSSR count). The Hall–Kier alpha value is -1.30. The van der Waals surface area contributed by atoms with Gasteiger partial charge >= 0.3 is 6.03 Å². The number of hydrogen-bond donors (Lipinski definition) is 2. The molecule has 0 atom stereocenters. The summed E-state index contributed by atoms with van der Waals surface area (Å²) in [4.78, 5) is 28.2. The van der Waals surface area contributed by atoms with Crippen molar-refractivity contribution >= 4 is 11.9 Å². The van der Waals surface area contributed by atoms with E-state index < -0.39 is 0 Å². The summed E-state index contributed by atoms with van der Waals surface area (Å²) in [6.07, 6.45) is 5.74. The van der Waals surface area contributed by atoms with Gasteiger partial charge in [-0.05, 0) is 26.7 Å². The van der Waals surface area contributed by atoms with Crippen LogP contribution >= 0.6 is 0 Å². The second kappa shape index (κ2) is 8.36. The van der Waals surface area contributed by atoms with Gasteiger partial charge in [0, 0.05) is 38.3 Å². The van der Waals surface area contributed by atoms with Crippen LogP contribution in [0.5, 0.6) is 0 Å². The summed E-state index contributed by atoms with van der Waals surface area (Å²) in [5.74, 6) is 0.0159. The number of nitrogens with one attached hydrogen (secondary N) is 2. The lowest BCUT2D eigenvalue weighted by molar-refractivity contribution is -0.132. The third kappa shape index (κ3) is 5.16. The van der Waals surface area contributed by atoms with E-state index in [1.807, 2.05) is 4.90 Å². The maximum atomic E-state index is 12.1. The summed E-state index contributed by atoms with van der Waals surface area (Å²) in [6, 6.07) is 0.594. The Kier molecular flexibility index (Phi) is 6.49. The van der Waals surface area contributed by atoms with Gasteiger partial charge in [-0.15, -0.1) is 0 Å². The Bertz CT molecular complexity index is 372. The second-order valence-electron chi connectivity index (χ2n) is 6.67. The third-order valence-corrected chi connectivity index (χ3v) is 4.74. The van der Waals surface area contributed by atoms with Crippen LogP contribution in [-0.2, 0) is 4.79 Å². The fraction of sp³-hybridized carbons (Fsp3) is 0.875. The zero-order valence-electron chi connectivity index (χ0n) is 13.9. The van der Waals surface area contributed by atoms with Crippen molar-refractivity contribution in [2.75, 3.05) is 32.7 Å². The Morgan fingerprint density at radius 1 is 1.05 bits per heavy atom. The molecule has 22 heavy (non-hydrogen) atoms. The van der Waals surface area contributed by atoms with Crippen LogP contribution in [0.15, 0.2) is 0 Å². The third-order valence-electron chi connectivity index (χ3n) is 4.74. The fourth-order valence-corrected chi connectivity index (χ4v) is 3.24. The number of urea groups is 1. The Balaban J connectivity index is 1.64. The largest absolute Gasteiger partial charge is 0.339 e. The highest BCUT2D eigenvalue weighted by Gasteiger charge is 2.23. The molecule has 2 N–H and O–H groups in total. The molecule has 6 nitrogen and oxygen atoms in total. The molecule has 6 heteroatoms. The van der Waals surface area contributed by atoms with Crippen LogP contribution in [0.3, 0.4) is 0 Å². The summed E-state index contributed by atoms with van der Waals surface area (Å²) in [5, 5.41) is 5.68. The molecule has 0 aromatic carbocycles. The Labute approximate surface area is 133 Å². The number of piperazine rings is 1. The van der Waals surface area contributed by atoms with E-state index in [4.69, 9.17) is 0 Å². The zero-order valence-corrected chi connectivity index (χ0v) is 13.9. The molecule has 1 heterocycles. The van der Waals surface area contributed by atoms with E-state index in [9.17, 15) is 9.59 Å². The maximum absolute atomic E-state index is 12.1. The summed E-state index contributed by atoms with van der Waals surface area (Å²) < 4.78 is 0. The molecule has 0 spiro atoms. The summed E-state index contributed by atoms with van der Waals surface area (Å²) in [6.45, 7) is 7.78. The molecule has 1 saturated carbocycles. The standard InChI is InChI=1S/C16H30N4O2/c1-13(2)19-8-10-20(11-9-19)15(21)12-17-16(22)18-14-6-4-3-5-7-14/h13-14H,3-12H2,1-2H3,(H2,17,18,22). The summed E-state index contributed by atoms with van der Waals surface area (Å²) >= 11 is 0. The smallest absolute Gasteiger partial charge is 0.315 e. The van der Waals surface area contributed by atoms with Gasteiger partial charge in [0.25, 0.3) is 0 Å². The van der Waals surface area contributed by atoms with E-state index >= 15 is 0 Å². The summed E-state index contributed by atoms with van der Waals surface area (Å²) in [7, 11) is 0. The van der Waals surface area contributed by atoms with Crippen LogP contribution in [0.1, 0.15) is 46.0 Å². The highest BCUT2D eigenvalue weighted by molar-refractivity contribution is 5.84. The van der Waals surface area contributed by atoms with Gasteiger partial charge in [0.15, 0.2) is 0 Å². The number of nitrogens with zero attached hydrogens (tertiary/aromatic N) is 2. The second-order valence-corrected chi connectivity index (χ2v) is 6.67. The molecular formula is C16H30N4O2. The van der Waals surface area contributed by atoms with E-state index in [1.54, 1.807) is 0 Å². The lowest BCUT2D eigenvalue weighted by Gasteiger charge is -2.37. The first-order chi connectivity index (χ1) is 10.6. The van der Waals surface area contributed by atoms with Crippen molar-refractivity contribution in [3.63, 3.8) is 0 Å². The van der Waals surface area contributed by atoms with Gasteiger partial charge in [0.05, 0.1) is 6.54 Å². The van der Waals surface area contributed by atoms with E-state index in [0.717, 1.165) is 39.0 Å². The van der Waals surface area contributed by atoms with Crippen molar-refractivity contribution in [2.45, 2.75) is 58.0 Å². The minimum atomic E-state index is -0.207. The number of carbonyl (C=O) groups is 2. The molecule has 3 amide bonds. The average molecular weight is 310 g/mol. The predicted molar refractivity (Wildman–Crippen MR) is 86.7 cm³/mol. The first-order valence-corrected chi connectivity index (χ1v) is 8.62. The molecular weight excluding hydrogens is 280 g/mol. The quantitative estimate of drug-likeness (QED) is 0.819. The van der Waals surface area contributed by atoms with Crippen molar-refractivity contribution in [2.24, 2.45) is 0 Å². The minimum Gasteiger partial charge on any atom is -0.339 e. The molecule has 126 valence electrons. The van der Waals surface area contributed by atoms with Gasteiger partial charge in [-0.3, -0.25) is 9.69 Å². The number of hydrogen-bond acceptors (Lipinski definition) is 3. The molecule has 1 saturated heterocycles. The zero-order chi connectivity index (χ0) is 15.9. The molecule has 0 radical (unpaired) electrons. The molecule has 0 aromatic rings. The summed E-state index contributed by atoms with van der Waals surface area (Å²) in [5.41, 5.74) is 0. The highest BCUT2D eigenvalue weighted by Crippen LogP contribution is 2.17. The molecule has 0 unspecified atom stereocenters. The van der Waals surface area contributed by atoms with E-state index in [2.05, 4.69) is 29.4 Å². The van der Waals surface area contributed by atoms with E-state index in [-0.39, 0.29) is 24.5 Å². The van der Waals surface area contributed by atoms with Crippen LogP contribution in [0, 0.1) is 0 Å².